The van der Waals surface area contributed by atoms with Crippen LogP contribution in [0, 0.1) is 0 Å². The number of alkyl halides is 3. The number of fused-ring (bicyclic) bond motifs is 2. The highest BCUT2D eigenvalue weighted by molar-refractivity contribution is 5.82. The average molecular weight is 395 g/mol. The summed E-state index contributed by atoms with van der Waals surface area (Å²) in [6.45, 7) is 0. The van der Waals surface area contributed by atoms with Crippen molar-refractivity contribution >= 4 is 16.6 Å². The van der Waals surface area contributed by atoms with Gasteiger partial charge >= 0.3 is 6.18 Å². The van der Waals surface area contributed by atoms with Crippen LogP contribution in [-0.2, 0) is 6.18 Å². The zero-order valence-corrected chi connectivity index (χ0v) is 14.7. The number of rotatable bonds is 3. The van der Waals surface area contributed by atoms with Crippen LogP contribution in [0.2, 0.25) is 0 Å². The Bertz CT molecular complexity index is 1340. The van der Waals surface area contributed by atoms with Gasteiger partial charge in [-0.05, 0) is 48.0 Å². The third-order valence-electron chi connectivity index (χ3n) is 4.56. The second-order valence-electron chi connectivity index (χ2n) is 6.33. The van der Waals surface area contributed by atoms with Crippen LogP contribution in [0.1, 0.15) is 5.56 Å². The minimum atomic E-state index is -4.61. The lowest BCUT2D eigenvalue weighted by molar-refractivity contribution is -0.138. The van der Waals surface area contributed by atoms with Crippen molar-refractivity contribution in [2.45, 2.75) is 6.18 Å². The number of hydrogen-bond acceptors (Lipinski definition) is 4. The van der Waals surface area contributed by atoms with E-state index in [2.05, 4.69) is 9.97 Å². The van der Waals surface area contributed by atoms with Gasteiger partial charge in [0.05, 0.1) is 22.9 Å². The average Bonchev–Trinajstić information content (AvgIpc) is 3.37. The lowest BCUT2D eigenvalue weighted by Gasteiger charge is -2.15. The maximum Gasteiger partial charge on any atom is 0.420 e. The first-order chi connectivity index (χ1) is 14.0. The molecular weight excluding hydrogens is 383 g/mol. The Morgan fingerprint density at radius 1 is 0.966 bits per heavy atom. The molecule has 0 atom stereocenters. The molecule has 8 heteroatoms. The van der Waals surface area contributed by atoms with Gasteiger partial charge in [0.1, 0.15) is 17.0 Å². The summed E-state index contributed by atoms with van der Waals surface area (Å²) < 4.78 is 54.0. The summed E-state index contributed by atoms with van der Waals surface area (Å²) in [5.41, 5.74) is 1.21. The van der Waals surface area contributed by atoms with Crippen LogP contribution in [0.3, 0.4) is 0 Å². The number of halogens is 3. The molecule has 0 spiro atoms. The molecule has 4 heterocycles. The molecule has 1 aromatic carbocycles. The molecule has 29 heavy (non-hydrogen) atoms. The van der Waals surface area contributed by atoms with Crippen LogP contribution >= 0.6 is 0 Å². The first-order valence-corrected chi connectivity index (χ1v) is 8.64. The fourth-order valence-corrected chi connectivity index (χ4v) is 3.24. The predicted molar refractivity (Wildman–Crippen MR) is 99.7 cm³/mol. The van der Waals surface area contributed by atoms with Crippen molar-refractivity contribution in [2.75, 3.05) is 0 Å². The largest absolute Gasteiger partial charge is 0.464 e. The Kier molecular flexibility index (Phi) is 3.80. The van der Waals surface area contributed by atoms with Gasteiger partial charge in [0.15, 0.2) is 0 Å². The summed E-state index contributed by atoms with van der Waals surface area (Å²) in [5.74, 6) is -0.286. The molecule has 5 aromatic rings. The first-order valence-electron chi connectivity index (χ1n) is 8.64. The molecule has 0 fully saturated rings. The van der Waals surface area contributed by atoms with Crippen molar-refractivity contribution in [1.82, 2.24) is 14.4 Å². The molecule has 0 N–H and O–H groups in total. The highest BCUT2D eigenvalue weighted by Gasteiger charge is 2.35. The molecule has 0 bridgehead atoms. The molecule has 0 saturated heterocycles. The summed E-state index contributed by atoms with van der Waals surface area (Å²) in [7, 11) is 0. The highest BCUT2D eigenvalue weighted by Crippen LogP contribution is 2.41. The molecule has 0 radical (unpaired) electrons. The SMILES string of the molecule is FC(F)(F)c1cc(-c2cccc3nccn23)ccc1Oc1nccc2occc12. The van der Waals surface area contributed by atoms with Crippen molar-refractivity contribution in [3.05, 3.63) is 78.9 Å². The number of imidazole rings is 1. The maximum absolute atomic E-state index is 13.8. The van der Waals surface area contributed by atoms with E-state index in [9.17, 15) is 13.2 Å². The molecule has 0 aliphatic rings. The van der Waals surface area contributed by atoms with E-state index in [1.807, 2.05) is 0 Å². The Morgan fingerprint density at radius 3 is 2.72 bits per heavy atom. The van der Waals surface area contributed by atoms with E-state index < -0.39 is 11.7 Å². The standard InChI is InChI=1S/C21H12F3N3O2/c22-21(23,24)15-12-13(16-2-1-3-19-25-9-10-27(16)19)4-5-18(15)29-20-14-7-11-28-17(14)6-8-26-20/h1-12H. The molecule has 0 amide bonds. The van der Waals surface area contributed by atoms with Gasteiger partial charge < -0.3 is 9.15 Å². The molecule has 5 rings (SSSR count). The van der Waals surface area contributed by atoms with Crippen molar-refractivity contribution < 1.29 is 22.3 Å². The zero-order chi connectivity index (χ0) is 20.0. The van der Waals surface area contributed by atoms with Crippen LogP contribution < -0.4 is 4.74 Å². The highest BCUT2D eigenvalue weighted by atomic mass is 19.4. The van der Waals surface area contributed by atoms with Gasteiger partial charge in [-0.2, -0.15) is 13.2 Å². The van der Waals surface area contributed by atoms with Gasteiger partial charge in [0, 0.05) is 18.6 Å². The van der Waals surface area contributed by atoms with Gasteiger partial charge in [-0.3, -0.25) is 4.40 Å². The Morgan fingerprint density at radius 2 is 1.86 bits per heavy atom. The second-order valence-corrected chi connectivity index (χ2v) is 6.33. The third kappa shape index (κ3) is 2.98. The normalized spacial score (nSPS) is 12.0. The second kappa shape index (κ2) is 6.37. The molecule has 0 aliphatic heterocycles. The fourth-order valence-electron chi connectivity index (χ4n) is 3.24. The molecule has 4 aromatic heterocycles. The van der Waals surface area contributed by atoms with Gasteiger partial charge in [-0.15, -0.1) is 0 Å². The van der Waals surface area contributed by atoms with Crippen molar-refractivity contribution in [2.24, 2.45) is 0 Å². The maximum atomic E-state index is 13.8. The smallest absolute Gasteiger partial charge is 0.420 e. The molecule has 0 saturated carbocycles. The Balaban J connectivity index is 1.63. The zero-order valence-electron chi connectivity index (χ0n) is 14.7. The van der Waals surface area contributed by atoms with E-state index >= 15 is 0 Å². The lowest BCUT2D eigenvalue weighted by Crippen LogP contribution is -2.08. The first kappa shape index (κ1) is 17.3. The number of benzene rings is 1. The number of nitrogens with zero attached hydrogens (tertiary/aromatic N) is 3. The Labute approximate surface area is 162 Å². The number of pyridine rings is 2. The summed E-state index contributed by atoms with van der Waals surface area (Å²) in [6.07, 6.45) is 1.53. The fraction of sp³-hybridized carbons (Fsp3) is 0.0476. The van der Waals surface area contributed by atoms with E-state index in [1.165, 1.54) is 18.5 Å². The predicted octanol–water partition coefficient (Wildman–Crippen LogP) is 5.95. The number of ether oxygens (including phenoxy) is 1. The molecule has 144 valence electrons. The summed E-state index contributed by atoms with van der Waals surface area (Å²) in [4.78, 5) is 8.22. The van der Waals surface area contributed by atoms with Crippen LogP contribution in [0.5, 0.6) is 11.6 Å². The lowest BCUT2D eigenvalue weighted by atomic mass is 10.1. The summed E-state index contributed by atoms with van der Waals surface area (Å²) in [6, 6.07) is 12.4. The van der Waals surface area contributed by atoms with Crippen molar-refractivity contribution in [1.29, 1.82) is 0 Å². The van der Waals surface area contributed by atoms with Gasteiger partial charge in [0.2, 0.25) is 5.88 Å². The monoisotopic (exact) mass is 395 g/mol. The Hall–Kier alpha value is -3.81. The molecule has 5 nitrogen and oxygen atoms in total. The quantitative estimate of drug-likeness (QED) is 0.379. The molecule has 0 unspecified atom stereocenters. The van der Waals surface area contributed by atoms with E-state index in [-0.39, 0.29) is 11.6 Å². The minimum Gasteiger partial charge on any atom is -0.464 e. The van der Waals surface area contributed by atoms with E-state index in [0.717, 1.165) is 6.07 Å². The minimum absolute atomic E-state index is 0.0474. The van der Waals surface area contributed by atoms with Crippen LogP contribution in [0.4, 0.5) is 13.2 Å². The molecule has 0 aliphatic carbocycles. The van der Waals surface area contributed by atoms with Crippen LogP contribution in [-0.4, -0.2) is 14.4 Å². The number of furan rings is 1. The number of hydrogen-bond donors (Lipinski definition) is 0. The van der Waals surface area contributed by atoms with Crippen LogP contribution in [0.25, 0.3) is 27.9 Å². The summed E-state index contributed by atoms with van der Waals surface area (Å²) in [5, 5.41) is 0.493. The van der Waals surface area contributed by atoms with Crippen LogP contribution in [0.15, 0.2) is 77.8 Å². The van der Waals surface area contributed by atoms with E-state index in [0.29, 0.717) is 27.9 Å². The van der Waals surface area contributed by atoms with Gasteiger partial charge in [-0.1, -0.05) is 6.07 Å². The number of aromatic nitrogens is 3. The van der Waals surface area contributed by atoms with Gasteiger partial charge in [0.25, 0.3) is 0 Å². The topological polar surface area (TPSA) is 52.6 Å². The van der Waals surface area contributed by atoms with Crippen molar-refractivity contribution in [3.8, 4) is 22.9 Å². The summed E-state index contributed by atoms with van der Waals surface area (Å²) >= 11 is 0. The van der Waals surface area contributed by atoms with E-state index in [4.69, 9.17) is 9.15 Å². The third-order valence-corrected chi connectivity index (χ3v) is 4.56. The van der Waals surface area contributed by atoms with E-state index in [1.54, 1.807) is 53.2 Å². The van der Waals surface area contributed by atoms with Gasteiger partial charge in [-0.25, -0.2) is 9.97 Å². The van der Waals surface area contributed by atoms with Crippen molar-refractivity contribution in [3.63, 3.8) is 0 Å². The molecular formula is C21H12F3N3O2.